The van der Waals surface area contributed by atoms with Gasteiger partial charge < -0.3 is 10.8 Å². The lowest BCUT2D eigenvalue weighted by Crippen LogP contribution is -2.32. The van der Waals surface area contributed by atoms with Gasteiger partial charge in [-0.05, 0) is 29.5 Å². The molecular formula is C12H12N2O2S. The van der Waals surface area contributed by atoms with E-state index in [1.165, 1.54) is 0 Å². The summed E-state index contributed by atoms with van der Waals surface area (Å²) in [5.41, 5.74) is 8.25. The van der Waals surface area contributed by atoms with E-state index in [-0.39, 0.29) is 0 Å². The molecule has 0 spiro atoms. The smallest absolute Gasteiger partial charge is 0.320 e. The van der Waals surface area contributed by atoms with Crippen LogP contribution in [0.1, 0.15) is 5.56 Å². The number of hydrogen-bond donors (Lipinski definition) is 2. The molecule has 0 fully saturated rings. The number of nitrogens with two attached hydrogens (primary N) is 1. The highest BCUT2D eigenvalue weighted by Gasteiger charge is 2.12. The molecule has 5 heteroatoms. The van der Waals surface area contributed by atoms with Crippen LogP contribution < -0.4 is 5.73 Å². The fourth-order valence-electron chi connectivity index (χ4n) is 1.47. The Bertz CT molecular complexity index is 494. The van der Waals surface area contributed by atoms with Crippen LogP contribution in [0.3, 0.4) is 0 Å². The van der Waals surface area contributed by atoms with Crippen LogP contribution in [0.15, 0.2) is 35.2 Å². The topological polar surface area (TPSA) is 76.2 Å². The number of nitrogens with zero attached hydrogens (tertiary/aromatic N) is 1. The number of carboxylic acids is 1. The Kier molecular flexibility index (Phi) is 3.51. The highest BCUT2D eigenvalue weighted by Crippen LogP contribution is 2.19. The van der Waals surface area contributed by atoms with E-state index in [9.17, 15) is 4.79 Å². The number of hydrogen-bond acceptors (Lipinski definition) is 4. The SMILES string of the molecule is NC(Cc1ccc(-c2ccsc2)nc1)C(=O)O. The monoisotopic (exact) mass is 248 g/mol. The van der Waals surface area contributed by atoms with Crippen molar-refractivity contribution in [3.05, 3.63) is 40.7 Å². The van der Waals surface area contributed by atoms with Gasteiger partial charge in [0.05, 0.1) is 5.69 Å². The minimum absolute atomic E-state index is 0.298. The van der Waals surface area contributed by atoms with Crippen molar-refractivity contribution < 1.29 is 9.90 Å². The van der Waals surface area contributed by atoms with Gasteiger partial charge in [-0.1, -0.05) is 6.07 Å². The molecule has 0 saturated heterocycles. The maximum absolute atomic E-state index is 10.6. The van der Waals surface area contributed by atoms with Crippen LogP contribution >= 0.6 is 11.3 Å². The van der Waals surface area contributed by atoms with E-state index >= 15 is 0 Å². The van der Waals surface area contributed by atoms with Gasteiger partial charge in [0.25, 0.3) is 0 Å². The maximum Gasteiger partial charge on any atom is 0.320 e. The average molecular weight is 248 g/mol. The van der Waals surface area contributed by atoms with Crippen LogP contribution in [0.5, 0.6) is 0 Å². The van der Waals surface area contributed by atoms with Gasteiger partial charge in [0.2, 0.25) is 0 Å². The zero-order valence-corrected chi connectivity index (χ0v) is 9.85. The molecule has 17 heavy (non-hydrogen) atoms. The van der Waals surface area contributed by atoms with E-state index < -0.39 is 12.0 Å². The Morgan fingerprint density at radius 3 is 2.82 bits per heavy atom. The molecule has 2 heterocycles. The Balaban J connectivity index is 2.11. The lowest BCUT2D eigenvalue weighted by Gasteiger charge is -2.06. The van der Waals surface area contributed by atoms with E-state index in [2.05, 4.69) is 4.98 Å². The van der Waals surface area contributed by atoms with E-state index in [4.69, 9.17) is 10.8 Å². The summed E-state index contributed by atoms with van der Waals surface area (Å²) in [6.45, 7) is 0. The summed E-state index contributed by atoms with van der Waals surface area (Å²) in [5.74, 6) is -0.994. The van der Waals surface area contributed by atoms with Gasteiger partial charge in [-0.15, -0.1) is 0 Å². The average Bonchev–Trinajstić information content (AvgIpc) is 2.83. The first-order chi connectivity index (χ1) is 8.16. The fourth-order valence-corrected chi connectivity index (χ4v) is 2.12. The summed E-state index contributed by atoms with van der Waals surface area (Å²) in [6.07, 6.45) is 1.97. The first-order valence-electron chi connectivity index (χ1n) is 5.12. The summed E-state index contributed by atoms with van der Waals surface area (Å²) in [7, 11) is 0. The number of aliphatic carboxylic acids is 1. The van der Waals surface area contributed by atoms with Crippen molar-refractivity contribution in [2.75, 3.05) is 0 Å². The van der Waals surface area contributed by atoms with Crippen LogP contribution in [0, 0.1) is 0 Å². The second-order valence-corrected chi connectivity index (χ2v) is 4.49. The summed E-state index contributed by atoms with van der Waals surface area (Å²) in [4.78, 5) is 14.9. The molecule has 2 aromatic heterocycles. The molecule has 0 radical (unpaired) electrons. The van der Waals surface area contributed by atoms with E-state index in [1.54, 1.807) is 17.5 Å². The fraction of sp³-hybridized carbons (Fsp3) is 0.167. The first kappa shape index (κ1) is 11.8. The van der Waals surface area contributed by atoms with Crippen LogP contribution in [-0.2, 0) is 11.2 Å². The van der Waals surface area contributed by atoms with Crippen LogP contribution in [0.2, 0.25) is 0 Å². The van der Waals surface area contributed by atoms with E-state index in [0.717, 1.165) is 16.8 Å². The van der Waals surface area contributed by atoms with E-state index in [0.29, 0.717) is 6.42 Å². The largest absolute Gasteiger partial charge is 0.480 e. The number of carboxylic acid groups (broad SMARTS) is 1. The zero-order valence-electron chi connectivity index (χ0n) is 9.04. The number of aromatic nitrogens is 1. The summed E-state index contributed by atoms with van der Waals surface area (Å²) >= 11 is 1.62. The van der Waals surface area contributed by atoms with Crippen molar-refractivity contribution in [3.63, 3.8) is 0 Å². The molecule has 0 aliphatic rings. The molecule has 1 unspecified atom stereocenters. The normalized spacial score (nSPS) is 12.3. The van der Waals surface area contributed by atoms with Crippen LogP contribution in [0.25, 0.3) is 11.3 Å². The van der Waals surface area contributed by atoms with Gasteiger partial charge in [0.15, 0.2) is 0 Å². The predicted molar refractivity (Wildman–Crippen MR) is 66.9 cm³/mol. The molecule has 0 amide bonds. The quantitative estimate of drug-likeness (QED) is 0.864. The van der Waals surface area contributed by atoms with Crippen molar-refractivity contribution >= 4 is 17.3 Å². The molecule has 0 bridgehead atoms. The molecule has 0 aliphatic heterocycles. The van der Waals surface area contributed by atoms with Crippen molar-refractivity contribution in [1.82, 2.24) is 4.98 Å². The van der Waals surface area contributed by atoms with Crippen LogP contribution in [0.4, 0.5) is 0 Å². The Hall–Kier alpha value is -1.72. The summed E-state index contributed by atoms with van der Waals surface area (Å²) in [6, 6.07) is 4.87. The van der Waals surface area contributed by atoms with Gasteiger partial charge in [-0.25, -0.2) is 0 Å². The second kappa shape index (κ2) is 5.07. The highest BCUT2D eigenvalue weighted by molar-refractivity contribution is 7.08. The Morgan fingerprint density at radius 1 is 1.47 bits per heavy atom. The number of carbonyl (C=O) groups is 1. The van der Waals surface area contributed by atoms with Crippen molar-refractivity contribution in [1.29, 1.82) is 0 Å². The van der Waals surface area contributed by atoms with Gasteiger partial charge in [0, 0.05) is 17.1 Å². The third kappa shape index (κ3) is 2.89. The number of thiophene rings is 1. The number of pyridine rings is 1. The highest BCUT2D eigenvalue weighted by atomic mass is 32.1. The minimum atomic E-state index is -0.994. The van der Waals surface area contributed by atoms with Gasteiger partial charge in [-0.2, -0.15) is 11.3 Å². The summed E-state index contributed by atoms with van der Waals surface area (Å²) < 4.78 is 0. The third-order valence-corrected chi connectivity index (χ3v) is 3.10. The molecule has 3 N–H and O–H groups in total. The number of rotatable bonds is 4. The lowest BCUT2D eigenvalue weighted by atomic mass is 10.1. The van der Waals surface area contributed by atoms with E-state index in [1.807, 2.05) is 29.0 Å². The second-order valence-electron chi connectivity index (χ2n) is 3.71. The summed E-state index contributed by atoms with van der Waals surface area (Å²) in [5, 5.41) is 12.7. The van der Waals surface area contributed by atoms with Crippen molar-refractivity contribution in [2.45, 2.75) is 12.5 Å². The standard InChI is InChI=1S/C12H12N2O2S/c13-10(12(15)16)5-8-1-2-11(14-6-8)9-3-4-17-7-9/h1-4,6-7,10H,5,13H2,(H,15,16). The van der Waals surface area contributed by atoms with Gasteiger partial charge in [-0.3, -0.25) is 9.78 Å². The van der Waals surface area contributed by atoms with Crippen molar-refractivity contribution in [2.24, 2.45) is 5.73 Å². The molecule has 0 saturated carbocycles. The van der Waals surface area contributed by atoms with Gasteiger partial charge in [0.1, 0.15) is 6.04 Å². The minimum Gasteiger partial charge on any atom is -0.480 e. The lowest BCUT2D eigenvalue weighted by molar-refractivity contribution is -0.138. The third-order valence-electron chi connectivity index (χ3n) is 2.41. The van der Waals surface area contributed by atoms with Crippen LogP contribution in [-0.4, -0.2) is 22.1 Å². The molecular weight excluding hydrogens is 236 g/mol. The molecule has 0 aromatic carbocycles. The molecule has 0 aliphatic carbocycles. The first-order valence-corrected chi connectivity index (χ1v) is 6.07. The predicted octanol–water partition coefficient (Wildman–Crippen LogP) is 1.76. The van der Waals surface area contributed by atoms with Crippen molar-refractivity contribution in [3.8, 4) is 11.3 Å². The molecule has 2 rings (SSSR count). The Morgan fingerprint density at radius 2 is 2.29 bits per heavy atom. The molecule has 2 aromatic rings. The zero-order chi connectivity index (χ0) is 12.3. The van der Waals surface area contributed by atoms with Gasteiger partial charge >= 0.3 is 5.97 Å². The molecule has 88 valence electrons. The Labute approximate surface area is 103 Å². The molecule has 1 atom stereocenters. The molecule has 4 nitrogen and oxygen atoms in total. The maximum atomic E-state index is 10.6.